The van der Waals surface area contributed by atoms with Gasteiger partial charge in [0.15, 0.2) is 0 Å². The molecule has 2 rings (SSSR count). The molecule has 1 saturated carbocycles. The summed E-state index contributed by atoms with van der Waals surface area (Å²) >= 11 is 0. The van der Waals surface area contributed by atoms with Crippen molar-refractivity contribution < 1.29 is 5.11 Å². The maximum atomic E-state index is 11.0. The van der Waals surface area contributed by atoms with Crippen molar-refractivity contribution in [1.29, 1.82) is 0 Å². The van der Waals surface area contributed by atoms with Gasteiger partial charge in [0, 0.05) is 12.7 Å². The van der Waals surface area contributed by atoms with E-state index in [0.717, 1.165) is 50.3 Å². The van der Waals surface area contributed by atoms with Crippen molar-refractivity contribution in [2.75, 3.05) is 0 Å². The van der Waals surface area contributed by atoms with Crippen molar-refractivity contribution in [2.45, 2.75) is 77.4 Å². The maximum Gasteiger partial charge on any atom is 0.106 e. The highest BCUT2D eigenvalue weighted by atomic mass is 16.3. The fourth-order valence-corrected chi connectivity index (χ4v) is 3.47. The van der Waals surface area contributed by atoms with Gasteiger partial charge in [0.1, 0.15) is 5.60 Å². The largest absolute Gasteiger partial charge is 0.384 e. The van der Waals surface area contributed by atoms with Gasteiger partial charge in [-0.05, 0) is 44.1 Å². The molecule has 19 heavy (non-hydrogen) atoms. The first kappa shape index (κ1) is 14.6. The van der Waals surface area contributed by atoms with E-state index < -0.39 is 5.60 Å². The Kier molecular flexibility index (Phi) is 5.03. The molecule has 3 nitrogen and oxygen atoms in total. The molecule has 0 amide bonds. The van der Waals surface area contributed by atoms with Crippen molar-refractivity contribution in [3.8, 4) is 0 Å². The number of hydrogen-bond donors (Lipinski definition) is 1. The third kappa shape index (κ3) is 3.38. The Labute approximate surface area is 117 Å². The lowest BCUT2D eigenvalue weighted by Gasteiger charge is -2.27. The molecule has 0 saturated heterocycles. The third-order valence-corrected chi connectivity index (χ3v) is 4.49. The predicted molar refractivity (Wildman–Crippen MR) is 77.9 cm³/mol. The second-order valence-corrected chi connectivity index (χ2v) is 6.06. The summed E-state index contributed by atoms with van der Waals surface area (Å²) in [5, 5.41) is 15.4. The van der Waals surface area contributed by atoms with Gasteiger partial charge in [-0.3, -0.25) is 4.68 Å². The van der Waals surface area contributed by atoms with E-state index in [2.05, 4.69) is 18.9 Å². The second-order valence-electron chi connectivity index (χ2n) is 6.06. The maximum absolute atomic E-state index is 11.0. The first-order valence-electron chi connectivity index (χ1n) is 7.94. The number of aryl methyl sites for hydroxylation is 1. The van der Waals surface area contributed by atoms with Gasteiger partial charge in [0.2, 0.25) is 0 Å². The lowest BCUT2D eigenvalue weighted by molar-refractivity contribution is 0.0106. The van der Waals surface area contributed by atoms with Crippen molar-refractivity contribution in [2.24, 2.45) is 5.92 Å². The van der Waals surface area contributed by atoms with Gasteiger partial charge < -0.3 is 5.11 Å². The van der Waals surface area contributed by atoms with E-state index in [0.29, 0.717) is 0 Å². The first-order valence-corrected chi connectivity index (χ1v) is 7.94. The summed E-state index contributed by atoms with van der Waals surface area (Å²) in [6, 6.07) is 2.01. The van der Waals surface area contributed by atoms with E-state index in [4.69, 9.17) is 0 Å². The van der Waals surface area contributed by atoms with Gasteiger partial charge in [-0.25, -0.2) is 0 Å². The van der Waals surface area contributed by atoms with E-state index >= 15 is 0 Å². The van der Waals surface area contributed by atoms with Crippen LogP contribution in [0.2, 0.25) is 0 Å². The highest BCUT2D eigenvalue weighted by Crippen LogP contribution is 2.38. The summed E-state index contributed by atoms with van der Waals surface area (Å²) in [7, 11) is 0. The van der Waals surface area contributed by atoms with Crippen LogP contribution < -0.4 is 0 Å². The molecule has 1 heterocycles. The van der Waals surface area contributed by atoms with Crippen LogP contribution in [0.4, 0.5) is 0 Å². The normalized spacial score (nSPS) is 28.3. The highest BCUT2D eigenvalue weighted by Gasteiger charge is 2.34. The van der Waals surface area contributed by atoms with Crippen molar-refractivity contribution >= 4 is 0 Å². The van der Waals surface area contributed by atoms with Crippen LogP contribution in [0.3, 0.4) is 0 Å². The third-order valence-electron chi connectivity index (χ3n) is 4.49. The molecular weight excluding hydrogens is 236 g/mol. The SMILES string of the molecule is CCCC1CCCC(O)(c2ccnn2CCC)CC1. The Balaban J connectivity index is 2.11. The van der Waals surface area contributed by atoms with Gasteiger partial charge in [-0.2, -0.15) is 5.10 Å². The van der Waals surface area contributed by atoms with Crippen LogP contribution in [0, 0.1) is 5.92 Å². The van der Waals surface area contributed by atoms with Crippen LogP contribution >= 0.6 is 0 Å². The lowest BCUT2D eigenvalue weighted by atomic mass is 9.89. The Morgan fingerprint density at radius 3 is 2.89 bits per heavy atom. The Bertz CT molecular complexity index is 388. The topological polar surface area (TPSA) is 38.1 Å². The summed E-state index contributed by atoms with van der Waals surface area (Å²) in [6.45, 7) is 5.32. The van der Waals surface area contributed by atoms with E-state index in [1.807, 2.05) is 16.9 Å². The highest BCUT2D eigenvalue weighted by molar-refractivity contribution is 5.12. The zero-order chi connectivity index (χ0) is 13.7. The smallest absolute Gasteiger partial charge is 0.106 e. The molecule has 1 N–H and O–H groups in total. The number of aromatic nitrogens is 2. The van der Waals surface area contributed by atoms with E-state index in [1.165, 1.54) is 19.3 Å². The molecule has 108 valence electrons. The Morgan fingerprint density at radius 1 is 1.32 bits per heavy atom. The quantitative estimate of drug-likeness (QED) is 0.820. The van der Waals surface area contributed by atoms with Gasteiger partial charge in [0.05, 0.1) is 5.69 Å². The molecule has 1 fully saturated rings. The summed E-state index contributed by atoms with van der Waals surface area (Å²) in [5.74, 6) is 0.807. The average Bonchev–Trinajstić information content (AvgIpc) is 2.77. The molecular formula is C16H28N2O. The summed E-state index contributed by atoms with van der Waals surface area (Å²) in [4.78, 5) is 0. The molecule has 0 aliphatic heterocycles. The molecule has 2 unspecified atom stereocenters. The monoisotopic (exact) mass is 264 g/mol. The molecule has 0 spiro atoms. The van der Waals surface area contributed by atoms with E-state index in [-0.39, 0.29) is 0 Å². The molecule has 1 aliphatic rings. The van der Waals surface area contributed by atoms with Crippen molar-refractivity contribution in [3.05, 3.63) is 18.0 Å². The molecule has 0 bridgehead atoms. The van der Waals surface area contributed by atoms with Crippen LogP contribution in [0.1, 0.15) is 70.9 Å². The molecule has 1 aromatic rings. The summed E-state index contributed by atoms with van der Waals surface area (Å²) < 4.78 is 2.00. The van der Waals surface area contributed by atoms with Crippen LogP contribution in [0.15, 0.2) is 12.3 Å². The predicted octanol–water partition coefficient (Wildman–Crippen LogP) is 3.86. The Morgan fingerprint density at radius 2 is 2.16 bits per heavy atom. The van der Waals surface area contributed by atoms with Gasteiger partial charge in [-0.15, -0.1) is 0 Å². The van der Waals surface area contributed by atoms with Crippen molar-refractivity contribution in [1.82, 2.24) is 9.78 Å². The number of aliphatic hydroxyl groups is 1. The van der Waals surface area contributed by atoms with Crippen LogP contribution in [0.5, 0.6) is 0 Å². The molecule has 3 heteroatoms. The summed E-state index contributed by atoms with van der Waals surface area (Å²) in [6.07, 6.45) is 10.8. The minimum absolute atomic E-state index is 0.645. The molecule has 1 aliphatic carbocycles. The lowest BCUT2D eigenvalue weighted by Crippen LogP contribution is -2.28. The van der Waals surface area contributed by atoms with Crippen LogP contribution in [-0.4, -0.2) is 14.9 Å². The van der Waals surface area contributed by atoms with Gasteiger partial charge >= 0.3 is 0 Å². The van der Waals surface area contributed by atoms with Crippen LogP contribution in [-0.2, 0) is 12.1 Å². The zero-order valence-electron chi connectivity index (χ0n) is 12.4. The number of rotatable bonds is 5. The summed E-state index contributed by atoms with van der Waals surface area (Å²) in [5.41, 5.74) is 0.389. The van der Waals surface area contributed by atoms with E-state index in [9.17, 15) is 5.11 Å². The van der Waals surface area contributed by atoms with Crippen molar-refractivity contribution in [3.63, 3.8) is 0 Å². The zero-order valence-corrected chi connectivity index (χ0v) is 12.4. The minimum atomic E-state index is -0.645. The van der Waals surface area contributed by atoms with Gasteiger partial charge in [-0.1, -0.05) is 33.1 Å². The molecule has 0 radical (unpaired) electrons. The molecule has 0 aromatic carbocycles. The number of hydrogen-bond acceptors (Lipinski definition) is 2. The fraction of sp³-hybridized carbons (Fsp3) is 0.812. The average molecular weight is 264 g/mol. The standard InChI is InChI=1S/C16H28N2O/c1-3-6-14-7-5-10-16(19,11-8-14)15-9-12-17-18(15)13-4-2/h9,12,14,19H,3-8,10-11,13H2,1-2H3. The van der Waals surface area contributed by atoms with Crippen LogP contribution in [0.25, 0.3) is 0 Å². The fourth-order valence-electron chi connectivity index (χ4n) is 3.47. The second kappa shape index (κ2) is 6.56. The molecule has 1 aromatic heterocycles. The Hall–Kier alpha value is -0.830. The first-order chi connectivity index (χ1) is 9.19. The van der Waals surface area contributed by atoms with E-state index in [1.54, 1.807) is 0 Å². The van der Waals surface area contributed by atoms with Gasteiger partial charge in [0.25, 0.3) is 0 Å². The number of nitrogens with zero attached hydrogens (tertiary/aromatic N) is 2. The minimum Gasteiger partial charge on any atom is -0.384 e. The molecule has 2 atom stereocenters.